The number of amides is 2. The van der Waals surface area contributed by atoms with Crippen LogP contribution in [0.2, 0.25) is 0 Å². The molecule has 0 radical (unpaired) electrons. The molecule has 3 aliphatic carbocycles. The van der Waals surface area contributed by atoms with Crippen LogP contribution in [0.15, 0.2) is 41.1 Å². The molecular weight excluding hydrogens is 622 g/mol. The Labute approximate surface area is 288 Å². The number of hydrogen-bond acceptors (Lipinski definition) is 9. The Kier molecular flexibility index (Phi) is 9.89. The molecule has 11 heteroatoms. The van der Waals surface area contributed by atoms with E-state index in [0.717, 1.165) is 72.8 Å². The van der Waals surface area contributed by atoms with Crippen molar-refractivity contribution in [3.05, 3.63) is 54.0 Å². The van der Waals surface area contributed by atoms with E-state index >= 15 is 0 Å². The van der Waals surface area contributed by atoms with Crippen LogP contribution in [0.1, 0.15) is 107 Å². The van der Waals surface area contributed by atoms with E-state index in [0.29, 0.717) is 68.8 Å². The maximum Gasteiger partial charge on any atom is 0.410 e. The maximum absolute atomic E-state index is 14.4. The fraction of sp³-hybridized carbons (Fsp3) is 0.605. The molecule has 0 bridgehead atoms. The normalized spacial score (nSPS) is 27.1. The number of aromatic nitrogens is 3. The number of oxazole rings is 1. The van der Waals surface area contributed by atoms with Crippen molar-refractivity contribution in [3.63, 3.8) is 0 Å². The molecule has 3 saturated carbocycles. The van der Waals surface area contributed by atoms with Crippen molar-refractivity contribution in [3.8, 4) is 17.0 Å². The molecule has 0 unspecified atom stereocenters. The van der Waals surface area contributed by atoms with Gasteiger partial charge in [-0.05, 0) is 115 Å². The molecule has 0 spiro atoms. The van der Waals surface area contributed by atoms with Crippen LogP contribution in [0.3, 0.4) is 0 Å². The number of aliphatic hydroxyl groups is 1. The molecule has 2 amide bonds. The lowest BCUT2D eigenvalue weighted by atomic mass is 9.79. The molecule has 1 N–H and O–H groups in total. The van der Waals surface area contributed by atoms with Gasteiger partial charge < -0.3 is 23.9 Å². The topological polar surface area (TPSA) is 131 Å². The molecule has 11 nitrogen and oxygen atoms in total. The highest BCUT2D eigenvalue weighted by Crippen LogP contribution is 2.41. The van der Waals surface area contributed by atoms with E-state index in [1.807, 2.05) is 36.9 Å². The minimum absolute atomic E-state index is 0.0403. The number of ether oxygens (including phenoxy) is 2. The second kappa shape index (κ2) is 14.5. The number of pyridine rings is 2. The van der Waals surface area contributed by atoms with Gasteiger partial charge in [-0.25, -0.2) is 14.8 Å². The van der Waals surface area contributed by atoms with Gasteiger partial charge in [-0.3, -0.25) is 14.7 Å². The van der Waals surface area contributed by atoms with Crippen LogP contribution in [-0.4, -0.2) is 75.4 Å². The first-order valence-corrected chi connectivity index (χ1v) is 18.2. The molecule has 4 fully saturated rings. The Bertz CT molecular complexity index is 1620. The van der Waals surface area contributed by atoms with Crippen molar-refractivity contribution < 1.29 is 28.6 Å². The van der Waals surface area contributed by atoms with Crippen molar-refractivity contribution in [1.82, 2.24) is 19.9 Å². The Morgan fingerprint density at radius 3 is 2.43 bits per heavy atom. The van der Waals surface area contributed by atoms with Gasteiger partial charge in [0, 0.05) is 47.8 Å². The summed E-state index contributed by atoms with van der Waals surface area (Å²) < 4.78 is 17.1. The highest BCUT2D eigenvalue weighted by Gasteiger charge is 2.37. The second-order valence-corrected chi connectivity index (χ2v) is 14.7. The van der Waals surface area contributed by atoms with Gasteiger partial charge in [0.05, 0.1) is 25.5 Å². The minimum Gasteiger partial charge on any atom is -0.495 e. The second-order valence-electron chi connectivity index (χ2n) is 14.7. The van der Waals surface area contributed by atoms with Gasteiger partial charge in [0.15, 0.2) is 5.89 Å². The molecule has 7 rings (SSSR count). The van der Waals surface area contributed by atoms with Crippen LogP contribution in [0, 0.1) is 18.8 Å². The summed E-state index contributed by atoms with van der Waals surface area (Å²) >= 11 is 0. The number of likely N-dealkylation sites (tertiary alicyclic amines) is 1. The number of methoxy groups -OCH3 is 1. The Morgan fingerprint density at radius 1 is 1.00 bits per heavy atom. The lowest BCUT2D eigenvalue weighted by Crippen LogP contribution is -2.43. The van der Waals surface area contributed by atoms with Crippen LogP contribution < -0.4 is 9.64 Å². The molecule has 4 heterocycles. The summed E-state index contributed by atoms with van der Waals surface area (Å²) in [5.74, 6) is 3.29. The molecule has 2 atom stereocenters. The summed E-state index contributed by atoms with van der Waals surface area (Å²) in [6.45, 7) is 4.83. The van der Waals surface area contributed by atoms with Gasteiger partial charge in [0.25, 0.3) is 0 Å². The van der Waals surface area contributed by atoms with Gasteiger partial charge >= 0.3 is 6.09 Å². The third-order valence-corrected chi connectivity index (χ3v) is 11.1. The SMILES string of the molecule is COc1ccc(C2CCC(CN(C(=O)C3CCC(OC(=O)N4C[C@H](O)C[C@@H]4C)CC3)c3cc(-c4coc(C5CC5)n4)ccn3)CC2)nc1C. The number of aliphatic hydroxyl groups excluding tert-OH is 1. The fourth-order valence-corrected chi connectivity index (χ4v) is 7.98. The monoisotopic (exact) mass is 671 g/mol. The summed E-state index contributed by atoms with van der Waals surface area (Å²) in [7, 11) is 1.67. The van der Waals surface area contributed by atoms with Crippen molar-refractivity contribution in [2.24, 2.45) is 11.8 Å². The fourth-order valence-electron chi connectivity index (χ4n) is 7.98. The van der Waals surface area contributed by atoms with Crippen LogP contribution >= 0.6 is 0 Å². The average Bonchev–Trinajstić information content (AvgIpc) is 3.74. The van der Waals surface area contributed by atoms with Gasteiger partial charge in [-0.2, -0.15) is 0 Å². The van der Waals surface area contributed by atoms with E-state index in [2.05, 4.69) is 6.07 Å². The van der Waals surface area contributed by atoms with E-state index in [-0.39, 0.29) is 30.1 Å². The summed E-state index contributed by atoms with van der Waals surface area (Å²) in [6, 6.07) is 7.96. The Balaban J connectivity index is 1.04. The first-order valence-electron chi connectivity index (χ1n) is 18.2. The third-order valence-electron chi connectivity index (χ3n) is 11.1. The minimum atomic E-state index is -0.503. The number of nitrogens with zero attached hydrogens (tertiary/aromatic N) is 5. The smallest absolute Gasteiger partial charge is 0.410 e. The molecule has 49 heavy (non-hydrogen) atoms. The van der Waals surface area contributed by atoms with Crippen molar-refractivity contribution in [2.75, 3.05) is 25.1 Å². The summed E-state index contributed by atoms with van der Waals surface area (Å²) in [6.07, 6.45) is 11.8. The largest absolute Gasteiger partial charge is 0.495 e. The van der Waals surface area contributed by atoms with Gasteiger partial charge in [0.1, 0.15) is 29.6 Å². The third kappa shape index (κ3) is 7.61. The van der Waals surface area contributed by atoms with E-state index in [9.17, 15) is 14.7 Å². The lowest BCUT2D eigenvalue weighted by molar-refractivity contribution is -0.124. The van der Waals surface area contributed by atoms with E-state index in [1.165, 1.54) is 0 Å². The van der Waals surface area contributed by atoms with Gasteiger partial charge in [-0.1, -0.05) is 0 Å². The Morgan fingerprint density at radius 2 is 1.76 bits per heavy atom. The highest BCUT2D eigenvalue weighted by atomic mass is 16.6. The number of anilines is 1. The zero-order chi connectivity index (χ0) is 34.1. The van der Waals surface area contributed by atoms with E-state index in [4.69, 9.17) is 28.8 Å². The quantitative estimate of drug-likeness (QED) is 0.261. The standard InChI is InChI=1S/C38H49N5O6/c1-23-18-30(44)21-42(23)38(46)49-31-12-10-28(11-13-31)37(45)43(35-19-29(16-17-39-35)33-22-48-36(41-33)27-8-9-27)20-25-4-6-26(7-5-25)32-14-15-34(47-3)24(2)40-32/h14-17,19,22-23,25-28,30-31,44H,4-13,18,20-21H2,1-3H3/t23-,25?,26?,28?,30+,31?/m0/s1. The molecule has 1 aliphatic heterocycles. The lowest BCUT2D eigenvalue weighted by Gasteiger charge is -2.36. The van der Waals surface area contributed by atoms with Crippen molar-refractivity contribution in [2.45, 2.75) is 115 Å². The van der Waals surface area contributed by atoms with Crippen LogP contribution in [0.4, 0.5) is 10.6 Å². The maximum atomic E-state index is 14.4. The summed E-state index contributed by atoms with van der Waals surface area (Å²) in [5, 5.41) is 9.97. The molecule has 3 aromatic heterocycles. The van der Waals surface area contributed by atoms with Crippen LogP contribution in [0.5, 0.6) is 5.75 Å². The average molecular weight is 672 g/mol. The van der Waals surface area contributed by atoms with Gasteiger partial charge in [-0.15, -0.1) is 0 Å². The van der Waals surface area contributed by atoms with E-state index < -0.39 is 6.10 Å². The molecule has 1 saturated heterocycles. The zero-order valence-corrected chi connectivity index (χ0v) is 28.9. The van der Waals surface area contributed by atoms with Crippen LogP contribution in [-0.2, 0) is 9.53 Å². The first-order chi connectivity index (χ1) is 23.7. The number of rotatable bonds is 9. The molecule has 4 aliphatic rings. The molecule has 3 aromatic rings. The number of hydrogen-bond donors (Lipinski definition) is 1. The molecule has 0 aromatic carbocycles. The van der Waals surface area contributed by atoms with E-state index in [1.54, 1.807) is 24.5 Å². The highest BCUT2D eigenvalue weighted by molar-refractivity contribution is 5.94. The number of β-amino-alcohol motifs (C(OH)–C–C–N with tert-alkyl or cyclic N) is 1. The molecular formula is C38H49N5O6. The number of aryl methyl sites for hydroxylation is 1. The molecule has 262 valence electrons. The zero-order valence-electron chi connectivity index (χ0n) is 28.9. The van der Waals surface area contributed by atoms with Crippen molar-refractivity contribution >= 4 is 17.8 Å². The predicted molar refractivity (Wildman–Crippen MR) is 183 cm³/mol. The van der Waals surface area contributed by atoms with Crippen molar-refractivity contribution in [1.29, 1.82) is 0 Å². The summed E-state index contributed by atoms with van der Waals surface area (Å²) in [5.41, 5.74) is 3.68. The Hall–Kier alpha value is -3.99. The van der Waals surface area contributed by atoms with Crippen LogP contribution in [0.25, 0.3) is 11.3 Å². The first kappa shape index (κ1) is 33.5. The predicted octanol–water partition coefficient (Wildman–Crippen LogP) is 6.78. The summed E-state index contributed by atoms with van der Waals surface area (Å²) in [4.78, 5) is 45.1. The number of carbonyl (C=O) groups is 2. The van der Waals surface area contributed by atoms with Gasteiger partial charge in [0.2, 0.25) is 5.91 Å². The number of carbonyl (C=O) groups excluding carboxylic acids is 2.